The Morgan fingerprint density at radius 3 is 1.49 bits per heavy atom. The van der Waals surface area contributed by atoms with Crippen molar-refractivity contribution < 1.29 is 0 Å². The zero-order valence-electron chi connectivity index (χ0n) is 27.3. The molecule has 0 aliphatic heterocycles. The lowest BCUT2D eigenvalue weighted by atomic mass is 9.82. The Morgan fingerprint density at radius 2 is 0.830 bits per heavy atom. The van der Waals surface area contributed by atoms with E-state index in [9.17, 15) is 0 Å². The first-order chi connectivity index (χ1) is 22.8. The molecule has 0 spiro atoms. The van der Waals surface area contributed by atoms with Gasteiger partial charge in [-0.05, 0) is 67.5 Å². The lowest BCUT2D eigenvalue weighted by Gasteiger charge is -2.22. The first kappa shape index (κ1) is 29.0. The lowest BCUT2D eigenvalue weighted by molar-refractivity contribution is 0.403. The van der Waals surface area contributed by atoms with Gasteiger partial charge in [0.25, 0.3) is 0 Å². The van der Waals surface area contributed by atoms with Crippen LogP contribution in [0.5, 0.6) is 0 Å². The summed E-state index contributed by atoms with van der Waals surface area (Å²) in [5.41, 5.74) is 11.0. The van der Waals surface area contributed by atoms with Crippen molar-refractivity contribution in [3.63, 3.8) is 0 Å². The maximum atomic E-state index is 5.11. The van der Waals surface area contributed by atoms with E-state index in [1.807, 2.05) is 24.3 Å². The highest BCUT2D eigenvalue weighted by molar-refractivity contribution is 6.04. The number of nitrogens with zero attached hydrogens (tertiary/aromatic N) is 3. The van der Waals surface area contributed by atoms with Crippen LogP contribution in [0.1, 0.15) is 45.2 Å². The number of hydrogen-bond acceptors (Lipinski definition) is 3. The second-order valence-corrected chi connectivity index (χ2v) is 14.0. The average Bonchev–Trinajstić information content (AvgIpc) is 3.30. The Morgan fingerprint density at radius 1 is 0.383 bits per heavy atom. The fraction of sp³-hybridized carbons (Fsp3) is 0.159. The molecule has 0 radical (unpaired) electrons. The van der Waals surface area contributed by atoms with Crippen LogP contribution < -0.4 is 0 Å². The monoisotopic (exact) mass is 607 g/mol. The molecule has 47 heavy (non-hydrogen) atoms. The van der Waals surface area contributed by atoms with E-state index in [0.29, 0.717) is 17.5 Å². The normalized spacial score (nSPS) is 14.6. The van der Waals surface area contributed by atoms with Gasteiger partial charge >= 0.3 is 0 Å². The van der Waals surface area contributed by atoms with E-state index in [2.05, 4.69) is 143 Å². The van der Waals surface area contributed by atoms with Gasteiger partial charge in [-0.15, -0.1) is 0 Å². The van der Waals surface area contributed by atoms with Crippen molar-refractivity contribution in [2.24, 2.45) is 0 Å². The maximum absolute atomic E-state index is 5.11. The molecule has 0 fully saturated rings. The molecule has 7 aromatic rings. The van der Waals surface area contributed by atoms with Crippen LogP contribution in [0, 0.1) is 0 Å². The smallest absolute Gasteiger partial charge is 0.164 e. The molecule has 0 bridgehead atoms. The molecule has 8 rings (SSSR count). The van der Waals surface area contributed by atoms with Gasteiger partial charge in [0.1, 0.15) is 0 Å². The Labute approximate surface area is 277 Å². The van der Waals surface area contributed by atoms with Crippen molar-refractivity contribution in [1.29, 1.82) is 0 Å². The number of fused-ring (bicyclic) bond motifs is 2. The standard InChI is InChI=1S/C44H37N3/c1-43(2)28-44(3,4)39-27-33(23-26-38(39)43)34-24-25-37(36-18-12-11-17-35(34)36)42-46-40(31-15-9-6-10-16-31)45-41(47-42)32-21-19-30(20-22-32)29-13-7-5-8-14-29/h5-27H,28H2,1-4H3. The van der Waals surface area contributed by atoms with Crippen LogP contribution in [0.4, 0.5) is 0 Å². The van der Waals surface area contributed by atoms with Gasteiger partial charge in [-0.3, -0.25) is 0 Å². The fourth-order valence-electron chi connectivity index (χ4n) is 7.69. The maximum Gasteiger partial charge on any atom is 0.164 e. The third-order valence-electron chi connectivity index (χ3n) is 9.76. The van der Waals surface area contributed by atoms with Crippen LogP contribution in [0.3, 0.4) is 0 Å². The van der Waals surface area contributed by atoms with Crippen LogP contribution in [0.25, 0.3) is 67.2 Å². The molecular weight excluding hydrogens is 571 g/mol. The summed E-state index contributed by atoms with van der Waals surface area (Å²) in [5.74, 6) is 1.99. The van der Waals surface area contributed by atoms with Crippen molar-refractivity contribution in [2.45, 2.75) is 44.9 Å². The summed E-state index contributed by atoms with van der Waals surface area (Å²) in [6.45, 7) is 9.50. The predicted octanol–water partition coefficient (Wildman–Crippen LogP) is 11.3. The largest absolute Gasteiger partial charge is 0.208 e. The van der Waals surface area contributed by atoms with Crippen molar-refractivity contribution >= 4 is 10.8 Å². The number of benzene rings is 6. The van der Waals surface area contributed by atoms with Crippen molar-refractivity contribution in [2.75, 3.05) is 0 Å². The van der Waals surface area contributed by atoms with Crippen LogP contribution in [-0.4, -0.2) is 15.0 Å². The number of rotatable bonds is 5. The first-order valence-corrected chi connectivity index (χ1v) is 16.4. The lowest BCUT2D eigenvalue weighted by Crippen LogP contribution is -2.17. The van der Waals surface area contributed by atoms with Gasteiger partial charge in [-0.1, -0.05) is 161 Å². The third kappa shape index (κ3) is 5.22. The summed E-state index contributed by atoms with van der Waals surface area (Å²) in [6.07, 6.45) is 1.15. The second-order valence-electron chi connectivity index (χ2n) is 14.0. The highest BCUT2D eigenvalue weighted by Crippen LogP contribution is 2.50. The highest BCUT2D eigenvalue weighted by atomic mass is 15.0. The van der Waals surface area contributed by atoms with E-state index in [1.165, 1.54) is 33.2 Å². The number of hydrogen-bond donors (Lipinski definition) is 0. The Kier molecular flexibility index (Phi) is 6.88. The summed E-state index contributed by atoms with van der Waals surface area (Å²) in [4.78, 5) is 15.2. The van der Waals surface area contributed by atoms with Gasteiger partial charge in [0.05, 0.1) is 0 Å². The zero-order valence-corrected chi connectivity index (χ0v) is 27.3. The molecule has 1 aliphatic carbocycles. The van der Waals surface area contributed by atoms with Gasteiger partial charge in [0.2, 0.25) is 0 Å². The molecule has 1 aliphatic rings. The quantitative estimate of drug-likeness (QED) is 0.195. The minimum atomic E-state index is 0.138. The van der Waals surface area contributed by atoms with E-state index in [0.717, 1.165) is 34.1 Å². The number of aromatic nitrogens is 3. The second kappa shape index (κ2) is 11.1. The summed E-state index contributed by atoms with van der Waals surface area (Å²) in [7, 11) is 0. The van der Waals surface area contributed by atoms with Crippen LogP contribution >= 0.6 is 0 Å². The molecule has 3 nitrogen and oxygen atoms in total. The van der Waals surface area contributed by atoms with Gasteiger partial charge < -0.3 is 0 Å². The van der Waals surface area contributed by atoms with Crippen LogP contribution in [-0.2, 0) is 10.8 Å². The van der Waals surface area contributed by atoms with E-state index >= 15 is 0 Å². The van der Waals surface area contributed by atoms with Crippen molar-refractivity contribution in [3.8, 4) is 56.4 Å². The summed E-state index contributed by atoms with van der Waals surface area (Å²) >= 11 is 0. The van der Waals surface area contributed by atoms with E-state index in [4.69, 9.17) is 15.0 Å². The fourth-order valence-corrected chi connectivity index (χ4v) is 7.69. The van der Waals surface area contributed by atoms with Crippen molar-refractivity contribution in [3.05, 3.63) is 151 Å². The average molecular weight is 608 g/mol. The summed E-state index contributed by atoms with van der Waals surface area (Å²) < 4.78 is 0. The summed E-state index contributed by atoms with van der Waals surface area (Å²) in [5, 5.41) is 2.32. The van der Waals surface area contributed by atoms with E-state index in [1.54, 1.807) is 0 Å². The molecule has 0 N–H and O–H groups in total. The van der Waals surface area contributed by atoms with E-state index in [-0.39, 0.29) is 10.8 Å². The molecule has 0 atom stereocenters. The SMILES string of the molecule is CC1(C)CC(C)(C)c2cc(-c3ccc(-c4nc(-c5ccccc5)nc(-c5ccc(-c6ccccc6)cc5)n4)c4ccccc34)ccc21. The molecule has 1 aromatic heterocycles. The third-order valence-corrected chi connectivity index (χ3v) is 9.76. The molecule has 1 heterocycles. The first-order valence-electron chi connectivity index (χ1n) is 16.4. The molecular formula is C44H37N3. The summed E-state index contributed by atoms with van der Waals surface area (Å²) in [6, 6.07) is 49.2. The molecule has 0 saturated heterocycles. The molecule has 0 unspecified atom stereocenters. The minimum Gasteiger partial charge on any atom is -0.208 e. The van der Waals surface area contributed by atoms with Gasteiger partial charge in [0, 0.05) is 16.7 Å². The Bertz CT molecular complexity index is 2250. The molecule has 3 heteroatoms. The Hall–Kier alpha value is -5.41. The highest BCUT2D eigenvalue weighted by Gasteiger charge is 2.41. The molecule has 0 saturated carbocycles. The topological polar surface area (TPSA) is 38.7 Å². The Balaban J connectivity index is 1.27. The minimum absolute atomic E-state index is 0.138. The molecule has 6 aromatic carbocycles. The predicted molar refractivity (Wildman–Crippen MR) is 195 cm³/mol. The van der Waals surface area contributed by atoms with Gasteiger partial charge in [-0.2, -0.15) is 0 Å². The zero-order chi connectivity index (χ0) is 32.2. The molecule has 228 valence electrons. The van der Waals surface area contributed by atoms with E-state index < -0.39 is 0 Å². The van der Waals surface area contributed by atoms with Gasteiger partial charge in [0.15, 0.2) is 17.5 Å². The van der Waals surface area contributed by atoms with Crippen molar-refractivity contribution in [1.82, 2.24) is 15.0 Å². The molecule has 0 amide bonds. The van der Waals surface area contributed by atoms with Crippen LogP contribution in [0.2, 0.25) is 0 Å². The van der Waals surface area contributed by atoms with Crippen LogP contribution in [0.15, 0.2) is 140 Å². The van der Waals surface area contributed by atoms with Gasteiger partial charge in [-0.25, -0.2) is 15.0 Å².